The van der Waals surface area contributed by atoms with Crippen LogP contribution in [0.1, 0.15) is 32.4 Å². The van der Waals surface area contributed by atoms with Crippen LogP contribution in [0.5, 0.6) is 0 Å². The number of rotatable bonds is 3. The minimum absolute atomic E-state index is 0.153. The van der Waals surface area contributed by atoms with Crippen molar-refractivity contribution >= 4 is 17.1 Å². The molecule has 1 aliphatic carbocycles. The van der Waals surface area contributed by atoms with Crippen molar-refractivity contribution in [1.82, 2.24) is 14.8 Å². The van der Waals surface area contributed by atoms with Crippen molar-refractivity contribution in [2.45, 2.75) is 25.7 Å². The van der Waals surface area contributed by atoms with Gasteiger partial charge < -0.3 is 0 Å². The summed E-state index contributed by atoms with van der Waals surface area (Å²) in [5.41, 5.74) is 1.37. The number of carbonyl (C=O) groups excluding carboxylic acids is 1. The molecule has 88 valence electrons. The Balaban J connectivity index is 1.80. The Morgan fingerprint density at radius 2 is 2.41 bits per heavy atom. The Labute approximate surface area is 103 Å². The summed E-state index contributed by atoms with van der Waals surface area (Å²) in [5.74, 6) is 0.879. The zero-order valence-corrected chi connectivity index (χ0v) is 10.5. The predicted molar refractivity (Wildman–Crippen MR) is 65.4 cm³/mol. The molecule has 0 unspecified atom stereocenters. The van der Waals surface area contributed by atoms with Gasteiger partial charge in [-0.25, -0.2) is 4.98 Å². The second-order valence-electron chi connectivity index (χ2n) is 4.31. The Hall–Kier alpha value is -1.49. The van der Waals surface area contributed by atoms with Crippen molar-refractivity contribution in [3.8, 4) is 0 Å². The molecular weight excluding hydrogens is 234 g/mol. The Morgan fingerprint density at radius 1 is 1.53 bits per heavy atom. The summed E-state index contributed by atoms with van der Waals surface area (Å²) in [6, 6.07) is 2.06. The van der Waals surface area contributed by atoms with Crippen LogP contribution in [0.4, 0.5) is 0 Å². The summed E-state index contributed by atoms with van der Waals surface area (Å²) in [5, 5.41) is 3.97. The lowest BCUT2D eigenvalue weighted by atomic mass is 10.2. The van der Waals surface area contributed by atoms with Gasteiger partial charge in [0.15, 0.2) is 5.78 Å². The molecule has 2 aromatic heterocycles. The van der Waals surface area contributed by atoms with Crippen molar-refractivity contribution in [3.05, 3.63) is 33.5 Å². The fourth-order valence-corrected chi connectivity index (χ4v) is 3.37. The van der Waals surface area contributed by atoms with E-state index in [1.54, 1.807) is 16.0 Å². The molecule has 4 nitrogen and oxygen atoms in total. The van der Waals surface area contributed by atoms with Crippen LogP contribution in [0.25, 0.3) is 0 Å². The topological polar surface area (TPSA) is 47.8 Å². The third kappa shape index (κ3) is 1.91. The number of aromatic nitrogens is 3. The van der Waals surface area contributed by atoms with E-state index in [4.69, 9.17) is 0 Å². The lowest BCUT2D eigenvalue weighted by Crippen LogP contribution is -2.07. The number of aryl methyl sites for hydroxylation is 3. The third-order valence-corrected chi connectivity index (χ3v) is 4.42. The number of nitrogens with zero attached hydrogens (tertiary/aromatic N) is 3. The maximum atomic E-state index is 12.1. The summed E-state index contributed by atoms with van der Waals surface area (Å²) < 4.78 is 1.65. The standard InChI is InChI=1S/C12H13N3OS/c1-15-12(13-7-14-15)6-9(16)11-5-8-3-2-4-10(8)17-11/h5,7H,2-4,6H2,1H3. The van der Waals surface area contributed by atoms with E-state index in [9.17, 15) is 4.79 Å². The average Bonchev–Trinajstić information content (AvgIpc) is 2.93. The largest absolute Gasteiger partial charge is 0.293 e. The minimum atomic E-state index is 0.153. The number of carbonyl (C=O) groups is 1. The first kappa shape index (κ1) is 10.7. The molecule has 0 radical (unpaired) electrons. The first-order chi connectivity index (χ1) is 8.24. The molecule has 0 aliphatic heterocycles. The Kier molecular flexibility index (Phi) is 2.55. The minimum Gasteiger partial charge on any atom is -0.293 e. The molecule has 3 rings (SSSR count). The van der Waals surface area contributed by atoms with Gasteiger partial charge >= 0.3 is 0 Å². The maximum Gasteiger partial charge on any atom is 0.180 e. The van der Waals surface area contributed by atoms with Crippen molar-refractivity contribution < 1.29 is 4.79 Å². The van der Waals surface area contributed by atoms with Crippen LogP contribution in [-0.4, -0.2) is 20.5 Å². The molecule has 0 N–H and O–H groups in total. The van der Waals surface area contributed by atoms with Crippen molar-refractivity contribution in [3.63, 3.8) is 0 Å². The summed E-state index contributed by atoms with van der Waals surface area (Å²) in [4.78, 5) is 18.4. The summed E-state index contributed by atoms with van der Waals surface area (Å²) in [6.45, 7) is 0. The average molecular weight is 247 g/mol. The van der Waals surface area contributed by atoms with Crippen LogP contribution < -0.4 is 0 Å². The highest BCUT2D eigenvalue weighted by Crippen LogP contribution is 2.31. The molecular formula is C12H13N3OS. The van der Waals surface area contributed by atoms with Crippen LogP contribution in [0.15, 0.2) is 12.4 Å². The smallest absolute Gasteiger partial charge is 0.180 e. The monoisotopic (exact) mass is 247 g/mol. The van der Waals surface area contributed by atoms with E-state index < -0.39 is 0 Å². The quantitative estimate of drug-likeness (QED) is 0.777. The second-order valence-corrected chi connectivity index (χ2v) is 5.45. The highest BCUT2D eigenvalue weighted by Gasteiger charge is 2.19. The summed E-state index contributed by atoms with van der Waals surface area (Å²) in [7, 11) is 1.81. The molecule has 0 aromatic carbocycles. The molecule has 0 saturated carbocycles. The summed E-state index contributed by atoms with van der Waals surface area (Å²) in [6.07, 6.45) is 5.33. The van der Waals surface area contributed by atoms with Gasteiger partial charge in [-0.05, 0) is 30.9 Å². The van der Waals surface area contributed by atoms with Gasteiger partial charge in [0, 0.05) is 11.9 Å². The molecule has 0 fully saturated rings. The van der Waals surface area contributed by atoms with Crippen LogP contribution >= 0.6 is 11.3 Å². The molecule has 0 amide bonds. The normalized spacial score (nSPS) is 13.9. The van der Waals surface area contributed by atoms with Gasteiger partial charge in [0.2, 0.25) is 0 Å². The van der Waals surface area contributed by atoms with Crippen LogP contribution in [0, 0.1) is 0 Å². The molecule has 0 spiro atoms. The number of Topliss-reactive ketones (excluding diaryl/α,β-unsaturated/α-hetero) is 1. The Bertz CT molecular complexity index is 549. The lowest BCUT2D eigenvalue weighted by Gasteiger charge is -1.98. The molecule has 0 atom stereocenters. The van der Waals surface area contributed by atoms with Crippen LogP contribution in [-0.2, 0) is 26.3 Å². The van der Waals surface area contributed by atoms with E-state index in [2.05, 4.69) is 16.1 Å². The lowest BCUT2D eigenvalue weighted by molar-refractivity contribution is 0.0993. The van der Waals surface area contributed by atoms with Gasteiger partial charge in [-0.15, -0.1) is 11.3 Å². The van der Waals surface area contributed by atoms with Gasteiger partial charge in [0.25, 0.3) is 0 Å². The molecule has 0 bridgehead atoms. The fraction of sp³-hybridized carbons (Fsp3) is 0.417. The first-order valence-corrected chi connectivity index (χ1v) is 6.53. The third-order valence-electron chi connectivity index (χ3n) is 3.15. The summed E-state index contributed by atoms with van der Waals surface area (Å²) >= 11 is 1.65. The number of hydrogen-bond acceptors (Lipinski definition) is 4. The van der Waals surface area contributed by atoms with E-state index in [1.807, 2.05) is 7.05 Å². The number of hydrogen-bond donors (Lipinski definition) is 0. The molecule has 5 heteroatoms. The predicted octanol–water partition coefficient (Wildman–Crippen LogP) is 1.79. The van der Waals surface area contributed by atoms with Crippen molar-refractivity contribution in [2.75, 3.05) is 0 Å². The fourth-order valence-electron chi connectivity index (χ4n) is 2.18. The highest BCUT2D eigenvalue weighted by atomic mass is 32.1. The van der Waals surface area contributed by atoms with Crippen LogP contribution in [0.3, 0.4) is 0 Å². The van der Waals surface area contributed by atoms with E-state index in [1.165, 1.54) is 23.2 Å². The number of ketones is 1. The SMILES string of the molecule is Cn1ncnc1CC(=O)c1cc2c(s1)CCC2. The molecule has 1 aliphatic rings. The van der Waals surface area contributed by atoms with E-state index in [-0.39, 0.29) is 5.78 Å². The molecule has 2 heterocycles. The molecule has 2 aromatic rings. The highest BCUT2D eigenvalue weighted by molar-refractivity contribution is 7.14. The Morgan fingerprint density at radius 3 is 3.12 bits per heavy atom. The number of thiophene rings is 1. The van der Waals surface area contributed by atoms with Gasteiger partial charge in [-0.3, -0.25) is 9.48 Å². The zero-order chi connectivity index (χ0) is 11.8. The van der Waals surface area contributed by atoms with E-state index in [0.717, 1.165) is 23.5 Å². The van der Waals surface area contributed by atoms with Crippen molar-refractivity contribution in [2.24, 2.45) is 7.05 Å². The van der Waals surface area contributed by atoms with E-state index >= 15 is 0 Å². The van der Waals surface area contributed by atoms with Gasteiger partial charge in [-0.2, -0.15) is 5.10 Å². The van der Waals surface area contributed by atoms with E-state index in [0.29, 0.717) is 6.42 Å². The van der Waals surface area contributed by atoms with Gasteiger partial charge in [0.05, 0.1) is 11.3 Å². The van der Waals surface area contributed by atoms with Crippen LogP contribution in [0.2, 0.25) is 0 Å². The van der Waals surface area contributed by atoms with Gasteiger partial charge in [0.1, 0.15) is 12.2 Å². The molecule has 17 heavy (non-hydrogen) atoms. The molecule has 0 saturated heterocycles. The number of fused-ring (bicyclic) bond motifs is 1. The first-order valence-electron chi connectivity index (χ1n) is 5.71. The maximum absolute atomic E-state index is 12.1. The van der Waals surface area contributed by atoms with Gasteiger partial charge in [-0.1, -0.05) is 0 Å². The second kappa shape index (κ2) is 4.07. The zero-order valence-electron chi connectivity index (χ0n) is 9.64. The van der Waals surface area contributed by atoms with Crippen molar-refractivity contribution in [1.29, 1.82) is 0 Å².